The van der Waals surface area contributed by atoms with Crippen LogP contribution in [-0.2, 0) is 19.3 Å². The Bertz CT molecular complexity index is 1200. The molecule has 6 rings (SSSR count). The highest BCUT2D eigenvalue weighted by Gasteiger charge is 2.23. The minimum absolute atomic E-state index is 1.01. The molecule has 0 heteroatoms. The van der Waals surface area contributed by atoms with Gasteiger partial charge in [-0.2, -0.15) is 0 Å². The second-order valence-electron chi connectivity index (χ2n) is 7.74. The fourth-order valence-corrected chi connectivity index (χ4v) is 5.01. The predicted molar refractivity (Wildman–Crippen MR) is 112 cm³/mol. The van der Waals surface area contributed by atoms with Crippen LogP contribution in [0.5, 0.6) is 0 Å². The molecule has 128 valence electrons. The van der Waals surface area contributed by atoms with E-state index in [0.717, 1.165) is 19.3 Å². The maximum absolute atomic E-state index is 2.32. The molecule has 0 saturated heterocycles. The molecule has 0 amide bonds. The van der Waals surface area contributed by atoms with Gasteiger partial charge in [-0.3, -0.25) is 0 Å². The van der Waals surface area contributed by atoms with Crippen LogP contribution in [0.4, 0.5) is 0 Å². The third-order valence-corrected chi connectivity index (χ3v) is 6.23. The van der Waals surface area contributed by atoms with Gasteiger partial charge in [0, 0.05) is 0 Å². The summed E-state index contributed by atoms with van der Waals surface area (Å²) in [6.45, 7) is 0. The third kappa shape index (κ3) is 2.23. The first-order valence-corrected chi connectivity index (χ1v) is 9.76. The van der Waals surface area contributed by atoms with Crippen molar-refractivity contribution in [2.24, 2.45) is 0 Å². The zero-order valence-corrected chi connectivity index (χ0v) is 15.2. The lowest BCUT2D eigenvalue weighted by atomic mass is 9.91. The Hall–Kier alpha value is -3.12. The van der Waals surface area contributed by atoms with Gasteiger partial charge in [-0.1, -0.05) is 84.9 Å². The Kier molecular flexibility index (Phi) is 3.16. The second-order valence-corrected chi connectivity index (χ2v) is 7.74. The molecule has 4 aromatic rings. The monoisotopic (exact) mass is 344 g/mol. The van der Waals surface area contributed by atoms with Crippen LogP contribution in [0.25, 0.3) is 22.3 Å². The lowest BCUT2D eigenvalue weighted by Gasteiger charge is -2.13. The predicted octanol–water partition coefficient (Wildman–Crippen LogP) is 6.42. The number of fused-ring (bicyclic) bond motifs is 6. The largest absolute Gasteiger partial charge is 0.0619 e. The van der Waals surface area contributed by atoms with E-state index in [1.54, 1.807) is 0 Å². The minimum atomic E-state index is 1.01. The number of hydrogen-bond donors (Lipinski definition) is 0. The quantitative estimate of drug-likeness (QED) is 0.340. The van der Waals surface area contributed by atoms with Crippen LogP contribution in [0.3, 0.4) is 0 Å². The van der Waals surface area contributed by atoms with Crippen molar-refractivity contribution < 1.29 is 0 Å². The van der Waals surface area contributed by atoms with Crippen molar-refractivity contribution in [2.75, 3.05) is 0 Å². The fraction of sp³-hybridized carbons (Fsp3) is 0.111. The average molecular weight is 344 g/mol. The van der Waals surface area contributed by atoms with Crippen LogP contribution in [0.1, 0.15) is 33.4 Å². The molecule has 0 nitrogen and oxygen atoms in total. The average Bonchev–Trinajstić information content (AvgIpc) is 3.27. The Morgan fingerprint density at radius 3 is 2.00 bits per heavy atom. The van der Waals surface area contributed by atoms with Crippen molar-refractivity contribution in [3.8, 4) is 22.3 Å². The van der Waals surface area contributed by atoms with Crippen LogP contribution in [0.2, 0.25) is 0 Å². The first-order valence-electron chi connectivity index (χ1n) is 9.76. The van der Waals surface area contributed by atoms with E-state index in [2.05, 4.69) is 84.9 Å². The van der Waals surface area contributed by atoms with Crippen LogP contribution >= 0.6 is 0 Å². The first kappa shape index (κ1) is 15.0. The maximum Gasteiger partial charge on any atom is -0.00106 e. The molecule has 0 fully saturated rings. The van der Waals surface area contributed by atoms with E-state index < -0.39 is 0 Å². The Morgan fingerprint density at radius 1 is 0.481 bits per heavy atom. The summed E-state index contributed by atoms with van der Waals surface area (Å²) in [7, 11) is 0. The zero-order valence-electron chi connectivity index (χ0n) is 15.2. The van der Waals surface area contributed by atoms with Crippen LogP contribution < -0.4 is 0 Å². The molecule has 2 aliphatic rings. The van der Waals surface area contributed by atoms with Gasteiger partial charge >= 0.3 is 0 Å². The number of hydrogen-bond acceptors (Lipinski definition) is 0. The van der Waals surface area contributed by atoms with Gasteiger partial charge in [-0.05, 0) is 74.9 Å². The zero-order chi connectivity index (χ0) is 17.8. The SMILES string of the molecule is c1ccc2c(c1)Cc1c(Cc3cccc4c3-c3ccccc3C4)cccc1-2. The van der Waals surface area contributed by atoms with E-state index in [9.17, 15) is 0 Å². The lowest BCUT2D eigenvalue weighted by Crippen LogP contribution is -1.97. The van der Waals surface area contributed by atoms with Gasteiger partial charge in [-0.15, -0.1) is 0 Å². The Labute approximate surface area is 160 Å². The van der Waals surface area contributed by atoms with Crippen LogP contribution in [0, 0.1) is 0 Å². The van der Waals surface area contributed by atoms with Gasteiger partial charge < -0.3 is 0 Å². The van der Waals surface area contributed by atoms with Crippen molar-refractivity contribution in [3.05, 3.63) is 118 Å². The summed E-state index contributed by atoms with van der Waals surface area (Å²) in [6.07, 6.45) is 3.14. The highest BCUT2D eigenvalue weighted by Crippen LogP contribution is 2.42. The molecule has 0 aliphatic heterocycles. The fourth-order valence-electron chi connectivity index (χ4n) is 5.01. The summed E-state index contributed by atoms with van der Waals surface area (Å²) in [5, 5.41) is 0. The van der Waals surface area contributed by atoms with Gasteiger partial charge in [0.05, 0.1) is 0 Å². The maximum atomic E-state index is 2.32. The van der Waals surface area contributed by atoms with E-state index in [-0.39, 0.29) is 0 Å². The molecule has 0 unspecified atom stereocenters. The molecular weight excluding hydrogens is 324 g/mol. The molecule has 27 heavy (non-hydrogen) atoms. The summed E-state index contributed by atoms with van der Waals surface area (Å²) < 4.78 is 0. The first-order chi connectivity index (χ1) is 13.4. The topological polar surface area (TPSA) is 0 Å². The van der Waals surface area contributed by atoms with E-state index in [1.807, 2.05) is 0 Å². The Morgan fingerprint density at radius 2 is 1.11 bits per heavy atom. The number of benzene rings is 4. The molecule has 0 radical (unpaired) electrons. The molecule has 0 aromatic heterocycles. The molecular formula is C27H20. The highest BCUT2D eigenvalue weighted by atomic mass is 14.3. The lowest BCUT2D eigenvalue weighted by molar-refractivity contribution is 1.12. The molecule has 0 atom stereocenters. The van der Waals surface area contributed by atoms with Crippen molar-refractivity contribution >= 4 is 0 Å². The van der Waals surface area contributed by atoms with Gasteiger partial charge in [0.15, 0.2) is 0 Å². The summed E-state index contributed by atoms with van der Waals surface area (Å²) in [5.41, 5.74) is 14.6. The molecule has 0 spiro atoms. The molecule has 2 aliphatic carbocycles. The molecule has 0 heterocycles. The van der Waals surface area contributed by atoms with Gasteiger partial charge in [0.1, 0.15) is 0 Å². The summed E-state index contributed by atoms with van der Waals surface area (Å²) in [6, 6.07) is 31.4. The second kappa shape index (κ2) is 5.69. The molecule has 0 N–H and O–H groups in total. The van der Waals surface area contributed by atoms with Crippen LogP contribution in [-0.4, -0.2) is 0 Å². The van der Waals surface area contributed by atoms with Crippen LogP contribution in [0.15, 0.2) is 84.9 Å². The van der Waals surface area contributed by atoms with Gasteiger partial charge in [0.2, 0.25) is 0 Å². The van der Waals surface area contributed by atoms with Crippen molar-refractivity contribution in [1.82, 2.24) is 0 Å². The summed E-state index contributed by atoms with van der Waals surface area (Å²) in [5.74, 6) is 0. The standard InChI is InChI=1S/C27H20/c1-3-12-23-20(8-1)17-26-19(9-6-14-25(23)26)16-22-11-5-10-21-15-18-7-2-4-13-24(18)27(21)22/h1-14H,15-17H2. The molecule has 0 saturated carbocycles. The van der Waals surface area contributed by atoms with E-state index in [4.69, 9.17) is 0 Å². The highest BCUT2D eigenvalue weighted by molar-refractivity contribution is 5.81. The minimum Gasteiger partial charge on any atom is -0.0619 e. The van der Waals surface area contributed by atoms with Crippen molar-refractivity contribution in [2.45, 2.75) is 19.3 Å². The third-order valence-electron chi connectivity index (χ3n) is 6.23. The van der Waals surface area contributed by atoms with E-state index in [1.165, 1.54) is 55.6 Å². The number of rotatable bonds is 2. The van der Waals surface area contributed by atoms with Crippen molar-refractivity contribution in [1.29, 1.82) is 0 Å². The molecule has 4 aromatic carbocycles. The normalized spacial score (nSPS) is 13.0. The van der Waals surface area contributed by atoms with Gasteiger partial charge in [0.25, 0.3) is 0 Å². The smallest absolute Gasteiger partial charge is 0.00106 e. The Balaban J connectivity index is 1.47. The summed E-state index contributed by atoms with van der Waals surface area (Å²) >= 11 is 0. The van der Waals surface area contributed by atoms with E-state index in [0.29, 0.717) is 0 Å². The summed E-state index contributed by atoms with van der Waals surface area (Å²) in [4.78, 5) is 0. The van der Waals surface area contributed by atoms with Crippen molar-refractivity contribution in [3.63, 3.8) is 0 Å². The van der Waals surface area contributed by atoms with Gasteiger partial charge in [-0.25, -0.2) is 0 Å². The molecule has 0 bridgehead atoms. The van der Waals surface area contributed by atoms with E-state index >= 15 is 0 Å².